The number of carbonyl (C=O) groups is 2. The highest BCUT2D eigenvalue weighted by Gasteiger charge is 2.16. The number of anilines is 1. The maximum atomic E-state index is 12.3. The zero-order chi connectivity index (χ0) is 17.9. The fourth-order valence-electron chi connectivity index (χ4n) is 2.63. The van der Waals surface area contributed by atoms with Gasteiger partial charge in [0.1, 0.15) is 6.61 Å². The van der Waals surface area contributed by atoms with Crippen molar-refractivity contribution in [2.45, 2.75) is 13.2 Å². The predicted octanol–water partition coefficient (Wildman–Crippen LogP) is 2.26. The second-order valence-corrected chi connectivity index (χ2v) is 5.73. The molecule has 0 radical (unpaired) electrons. The number of hydrogen-bond acceptors (Lipinski definition) is 5. The summed E-state index contributed by atoms with van der Waals surface area (Å²) in [6, 6.07) is 10.2. The molecule has 0 atom stereocenters. The summed E-state index contributed by atoms with van der Waals surface area (Å²) >= 11 is 0. The molecule has 8 heteroatoms. The first kappa shape index (κ1) is 15.8. The number of esters is 1. The molecule has 0 spiro atoms. The van der Waals surface area contributed by atoms with Crippen molar-refractivity contribution >= 4 is 17.7 Å². The van der Waals surface area contributed by atoms with Gasteiger partial charge in [-0.25, -0.2) is 19.3 Å². The van der Waals surface area contributed by atoms with Gasteiger partial charge in [0.05, 0.1) is 5.56 Å². The number of benzene rings is 1. The summed E-state index contributed by atoms with van der Waals surface area (Å²) in [6.45, 7) is 0.546. The van der Waals surface area contributed by atoms with Gasteiger partial charge >= 0.3 is 12.0 Å². The molecule has 26 heavy (non-hydrogen) atoms. The molecule has 0 aliphatic carbocycles. The van der Waals surface area contributed by atoms with E-state index in [0.29, 0.717) is 23.6 Å². The number of hydrogen-bond donors (Lipinski definition) is 2. The van der Waals surface area contributed by atoms with Crippen molar-refractivity contribution in [3.8, 4) is 5.82 Å². The zero-order valence-corrected chi connectivity index (χ0v) is 13.7. The van der Waals surface area contributed by atoms with Crippen molar-refractivity contribution in [2.24, 2.45) is 0 Å². The van der Waals surface area contributed by atoms with Crippen LogP contribution >= 0.6 is 0 Å². The van der Waals surface area contributed by atoms with E-state index in [-0.39, 0.29) is 12.6 Å². The van der Waals surface area contributed by atoms with E-state index in [1.165, 1.54) is 0 Å². The van der Waals surface area contributed by atoms with Crippen molar-refractivity contribution in [1.82, 2.24) is 20.1 Å². The lowest BCUT2D eigenvalue weighted by molar-refractivity contribution is 0.0472. The van der Waals surface area contributed by atoms with Gasteiger partial charge in [-0.3, -0.25) is 0 Å². The molecule has 130 valence electrons. The minimum atomic E-state index is -0.460. The zero-order valence-electron chi connectivity index (χ0n) is 13.7. The van der Waals surface area contributed by atoms with Crippen LogP contribution in [0.4, 0.5) is 10.5 Å². The third kappa shape index (κ3) is 3.25. The molecule has 0 saturated heterocycles. The maximum Gasteiger partial charge on any atom is 0.338 e. The second-order valence-electron chi connectivity index (χ2n) is 5.73. The molecule has 0 unspecified atom stereocenters. The normalized spacial score (nSPS) is 12.7. The van der Waals surface area contributed by atoms with E-state index in [9.17, 15) is 9.59 Å². The summed E-state index contributed by atoms with van der Waals surface area (Å²) in [7, 11) is 0. The Labute approximate surface area is 148 Å². The van der Waals surface area contributed by atoms with Crippen molar-refractivity contribution in [3.63, 3.8) is 0 Å². The first-order chi connectivity index (χ1) is 12.7. The Bertz CT molecular complexity index is 969. The summed E-state index contributed by atoms with van der Waals surface area (Å²) in [5.74, 6) is 0.186. The third-order valence-corrected chi connectivity index (χ3v) is 3.95. The molecular weight excluding hydrogens is 334 g/mol. The molecule has 2 aromatic heterocycles. The third-order valence-electron chi connectivity index (χ3n) is 3.95. The van der Waals surface area contributed by atoms with Crippen LogP contribution in [0.1, 0.15) is 21.5 Å². The average Bonchev–Trinajstić information content (AvgIpc) is 3.20. The first-order valence-electron chi connectivity index (χ1n) is 7.99. The minimum Gasteiger partial charge on any atom is -0.457 e. The lowest BCUT2D eigenvalue weighted by Crippen LogP contribution is -2.33. The number of urea groups is 1. The lowest BCUT2D eigenvalue weighted by Gasteiger charge is -2.18. The van der Waals surface area contributed by atoms with Crippen LogP contribution in [0.15, 0.2) is 55.0 Å². The average molecular weight is 349 g/mol. The van der Waals surface area contributed by atoms with Gasteiger partial charge < -0.3 is 15.4 Å². The predicted molar refractivity (Wildman–Crippen MR) is 92.8 cm³/mol. The maximum absolute atomic E-state index is 12.3. The fraction of sp³-hybridized carbons (Fsp3) is 0.111. The molecule has 0 fully saturated rings. The first-order valence-corrected chi connectivity index (χ1v) is 7.99. The Hall–Kier alpha value is -3.68. The van der Waals surface area contributed by atoms with E-state index in [1.807, 2.05) is 0 Å². The molecule has 1 aliphatic rings. The topological polar surface area (TPSA) is 98.1 Å². The summed E-state index contributed by atoms with van der Waals surface area (Å²) < 4.78 is 7.01. The van der Waals surface area contributed by atoms with Gasteiger partial charge in [-0.2, -0.15) is 5.10 Å². The van der Waals surface area contributed by atoms with Crippen molar-refractivity contribution in [2.75, 3.05) is 5.32 Å². The smallest absolute Gasteiger partial charge is 0.338 e. The van der Waals surface area contributed by atoms with Crippen LogP contribution in [0.25, 0.3) is 5.82 Å². The van der Waals surface area contributed by atoms with E-state index in [1.54, 1.807) is 59.7 Å². The van der Waals surface area contributed by atoms with Gasteiger partial charge in [0.15, 0.2) is 5.82 Å². The van der Waals surface area contributed by atoms with E-state index in [4.69, 9.17) is 4.74 Å². The van der Waals surface area contributed by atoms with Gasteiger partial charge in [-0.05, 0) is 41.5 Å². The number of nitrogens with one attached hydrogen (secondary N) is 2. The van der Waals surface area contributed by atoms with Crippen LogP contribution in [0.2, 0.25) is 0 Å². The number of ether oxygens (including phenoxy) is 1. The Balaban J connectivity index is 1.45. The van der Waals surface area contributed by atoms with E-state index >= 15 is 0 Å². The molecule has 2 amide bonds. The van der Waals surface area contributed by atoms with Gasteiger partial charge in [-0.1, -0.05) is 6.07 Å². The Morgan fingerprint density at radius 1 is 1.23 bits per heavy atom. The summed E-state index contributed by atoms with van der Waals surface area (Å²) in [5.41, 5.74) is 2.72. The molecule has 0 saturated carbocycles. The second kappa shape index (κ2) is 6.67. The van der Waals surface area contributed by atoms with E-state index < -0.39 is 5.97 Å². The molecule has 8 nitrogen and oxygen atoms in total. The summed E-state index contributed by atoms with van der Waals surface area (Å²) in [4.78, 5) is 27.9. The van der Waals surface area contributed by atoms with Crippen LogP contribution in [-0.4, -0.2) is 26.8 Å². The number of aromatic nitrogens is 3. The molecule has 0 bridgehead atoms. The number of rotatable bonds is 4. The minimum absolute atomic E-state index is 0.112. The fourth-order valence-corrected chi connectivity index (χ4v) is 2.63. The van der Waals surface area contributed by atoms with Crippen LogP contribution < -0.4 is 10.6 Å². The molecule has 4 rings (SSSR count). The van der Waals surface area contributed by atoms with Crippen molar-refractivity contribution < 1.29 is 14.3 Å². The van der Waals surface area contributed by atoms with Gasteiger partial charge in [0, 0.05) is 30.8 Å². The van der Waals surface area contributed by atoms with Crippen LogP contribution in [-0.2, 0) is 17.9 Å². The standard InChI is InChI=1S/C18H15N5O3/c24-17(13-2-3-14-10-20-18(25)22-15(14)9-13)26-11-12-4-6-19-16(8-12)23-7-1-5-21-23/h1-9H,10-11H2,(H2,20,22,25). The van der Waals surface area contributed by atoms with Gasteiger partial charge in [0.2, 0.25) is 0 Å². The Morgan fingerprint density at radius 2 is 2.15 bits per heavy atom. The van der Waals surface area contributed by atoms with Crippen molar-refractivity contribution in [3.05, 3.63) is 71.7 Å². The van der Waals surface area contributed by atoms with Gasteiger partial charge in [0.25, 0.3) is 0 Å². The molecule has 3 aromatic rings. The number of amides is 2. The highest BCUT2D eigenvalue weighted by atomic mass is 16.5. The van der Waals surface area contributed by atoms with Crippen molar-refractivity contribution in [1.29, 1.82) is 0 Å². The number of carbonyl (C=O) groups excluding carboxylic acids is 2. The molecule has 2 N–H and O–H groups in total. The molecular formula is C18H15N5O3. The quantitative estimate of drug-likeness (QED) is 0.704. The molecule has 3 heterocycles. The summed E-state index contributed by atoms with van der Waals surface area (Å²) in [5, 5.41) is 9.47. The van der Waals surface area contributed by atoms with Gasteiger partial charge in [-0.15, -0.1) is 0 Å². The number of nitrogens with zero attached hydrogens (tertiary/aromatic N) is 3. The SMILES string of the molecule is O=C1NCc2ccc(C(=O)OCc3ccnc(-n4cccn4)c3)cc2N1. The Morgan fingerprint density at radius 3 is 3.00 bits per heavy atom. The van der Waals surface area contributed by atoms with Crippen LogP contribution in [0, 0.1) is 0 Å². The van der Waals surface area contributed by atoms with Crippen LogP contribution in [0.3, 0.4) is 0 Å². The highest BCUT2D eigenvalue weighted by molar-refractivity contribution is 5.96. The largest absolute Gasteiger partial charge is 0.457 e. The lowest BCUT2D eigenvalue weighted by atomic mass is 10.1. The highest BCUT2D eigenvalue weighted by Crippen LogP contribution is 2.21. The molecule has 1 aromatic carbocycles. The van der Waals surface area contributed by atoms with Crippen LogP contribution in [0.5, 0.6) is 0 Å². The Kier molecular flexibility index (Phi) is 4.06. The number of fused-ring (bicyclic) bond motifs is 1. The monoisotopic (exact) mass is 349 g/mol. The molecule has 1 aliphatic heterocycles. The summed E-state index contributed by atoms with van der Waals surface area (Å²) in [6.07, 6.45) is 5.09. The van der Waals surface area contributed by atoms with E-state index in [0.717, 1.165) is 11.1 Å². The van der Waals surface area contributed by atoms with E-state index in [2.05, 4.69) is 20.7 Å². The number of pyridine rings is 1.